The number of Topliss-reactive ketones (excluding diaryl/α,β-unsaturated/α-hetero) is 1. The molecule has 0 amide bonds. The van der Waals surface area contributed by atoms with Crippen LogP contribution in [-0.2, 0) is 14.3 Å². The van der Waals surface area contributed by atoms with Crippen LogP contribution >= 0.6 is 0 Å². The number of ether oxygens (including phenoxy) is 1. The Balaban J connectivity index is 2.11. The van der Waals surface area contributed by atoms with Gasteiger partial charge in [-0.3, -0.25) is 9.59 Å². The zero-order chi connectivity index (χ0) is 9.42. The molecule has 0 aromatic heterocycles. The van der Waals surface area contributed by atoms with Gasteiger partial charge in [0.2, 0.25) is 0 Å². The Morgan fingerprint density at radius 3 is 2.31 bits per heavy atom. The molecule has 2 bridgehead atoms. The van der Waals surface area contributed by atoms with Crippen molar-refractivity contribution in [3.63, 3.8) is 0 Å². The zero-order valence-corrected chi connectivity index (χ0v) is 7.23. The fourth-order valence-corrected chi connectivity index (χ4v) is 2.20. The number of hydrogen-bond acceptors (Lipinski definition) is 3. The molecule has 0 aromatic rings. The van der Waals surface area contributed by atoms with Gasteiger partial charge in [0.1, 0.15) is 5.78 Å². The van der Waals surface area contributed by atoms with E-state index >= 15 is 0 Å². The van der Waals surface area contributed by atoms with Crippen molar-refractivity contribution in [3.05, 3.63) is 0 Å². The standard InChI is InChI=1S/C9H12O4/c10-8-6-1-5(9(11)12)2-7(8)4-13-3-6/h5-7H,1-4H2,(H,11,12)/t5?,6-,7+. The second-order valence-corrected chi connectivity index (χ2v) is 3.84. The van der Waals surface area contributed by atoms with E-state index in [9.17, 15) is 9.59 Å². The van der Waals surface area contributed by atoms with Crippen molar-refractivity contribution in [2.75, 3.05) is 13.2 Å². The molecule has 1 saturated heterocycles. The van der Waals surface area contributed by atoms with Gasteiger partial charge in [0.05, 0.1) is 19.1 Å². The molecule has 2 rings (SSSR count). The lowest BCUT2D eigenvalue weighted by Gasteiger charge is -2.35. The molecule has 1 aliphatic heterocycles. The fourth-order valence-electron chi connectivity index (χ4n) is 2.20. The summed E-state index contributed by atoms with van der Waals surface area (Å²) in [6.07, 6.45) is 0.926. The molecule has 1 unspecified atom stereocenters. The fraction of sp³-hybridized carbons (Fsp3) is 0.778. The third-order valence-electron chi connectivity index (χ3n) is 2.93. The largest absolute Gasteiger partial charge is 0.481 e. The van der Waals surface area contributed by atoms with Crippen molar-refractivity contribution in [2.45, 2.75) is 12.8 Å². The predicted molar refractivity (Wildman–Crippen MR) is 43.2 cm³/mol. The summed E-state index contributed by atoms with van der Waals surface area (Å²) in [7, 11) is 0. The topological polar surface area (TPSA) is 63.6 Å². The molecule has 3 atom stereocenters. The molecule has 2 aliphatic rings. The van der Waals surface area contributed by atoms with E-state index in [0.717, 1.165) is 0 Å². The summed E-state index contributed by atoms with van der Waals surface area (Å²) >= 11 is 0. The molecular formula is C9H12O4. The Hall–Kier alpha value is -0.900. The van der Waals surface area contributed by atoms with Crippen LogP contribution in [0.3, 0.4) is 0 Å². The molecule has 13 heavy (non-hydrogen) atoms. The summed E-state index contributed by atoms with van der Waals surface area (Å²) < 4.78 is 5.22. The summed E-state index contributed by atoms with van der Waals surface area (Å²) in [6, 6.07) is 0. The maximum atomic E-state index is 11.5. The highest BCUT2D eigenvalue weighted by molar-refractivity contribution is 5.87. The van der Waals surface area contributed by atoms with Gasteiger partial charge < -0.3 is 9.84 Å². The number of carboxylic acid groups (broad SMARTS) is 1. The number of fused-ring (bicyclic) bond motifs is 2. The molecule has 1 aliphatic carbocycles. The third-order valence-corrected chi connectivity index (χ3v) is 2.93. The summed E-state index contributed by atoms with van der Waals surface area (Å²) in [5.74, 6) is -1.22. The van der Waals surface area contributed by atoms with Crippen LogP contribution in [0.15, 0.2) is 0 Å². The maximum absolute atomic E-state index is 11.5. The second kappa shape index (κ2) is 3.10. The van der Waals surface area contributed by atoms with Crippen LogP contribution in [0.1, 0.15) is 12.8 Å². The molecule has 1 N–H and O–H groups in total. The lowest BCUT2D eigenvalue weighted by Crippen LogP contribution is -2.44. The summed E-state index contributed by atoms with van der Waals surface area (Å²) in [4.78, 5) is 22.2. The number of aliphatic carboxylic acids is 1. The first kappa shape index (κ1) is 8.69. The molecule has 72 valence electrons. The minimum absolute atomic E-state index is 0.159. The molecule has 0 aromatic carbocycles. The van der Waals surface area contributed by atoms with Gasteiger partial charge in [-0.2, -0.15) is 0 Å². The number of carboxylic acids is 1. The molecule has 2 fully saturated rings. The van der Waals surface area contributed by atoms with Crippen LogP contribution in [-0.4, -0.2) is 30.1 Å². The molecular weight excluding hydrogens is 172 g/mol. The van der Waals surface area contributed by atoms with E-state index in [4.69, 9.17) is 9.84 Å². The first-order chi connectivity index (χ1) is 6.18. The molecule has 4 nitrogen and oxygen atoms in total. The first-order valence-electron chi connectivity index (χ1n) is 4.52. The summed E-state index contributed by atoms with van der Waals surface area (Å²) in [6.45, 7) is 0.832. The average Bonchev–Trinajstić information content (AvgIpc) is 2.02. The van der Waals surface area contributed by atoms with Crippen LogP contribution in [0.25, 0.3) is 0 Å². The van der Waals surface area contributed by atoms with E-state index in [-0.39, 0.29) is 23.5 Å². The van der Waals surface area contributed by atoms with Crippen molar-refractivity contribution >= 4 is 11.8 Å². The van der Waals surface area contributed by atoms with Gasteiger partial charge in [-0.25, -0.2) is 0 Å². The quantitative estimate of drug-likeness (QED) is 0.637. The molecule has 0 spiro atoms. The van der Waals surface area contributed by atoms with Gasteiger partial charge in [-0.1, -0.05) is 0 Å². The molecule has 1 saturated carbocycles. The number of ketones is 1. The van der Waals surface area contributed by atoms with E-state index in [1.54, 1.807) is 0 Å². The number of rotatable bonds is 1. The molecule has 4 heteroatoms. The van der Waals surface area contributed by atoms with Crippen LogP contribution in [0.2, 0.25) is 0 Å². The Kier molecular flexibility index (Phi) is 2.07. The van der Waals surface area contributed by atoms with Crippen LogP contribution in [0, 0.1) is 17.8 Å². The van der Waals surface area contributed by atoms with Gasteiger partial charge in [-0.15, -0.1) is 0 Å². The van der Waals surface area contributed by atoms with Crippen LogP contribution in [0.4, 0.5) is 0 Å². The minimum Gasteiger partial charge on any atom is -0.481 e. The van der Waals surface area contributed by atoms with Gasteiger partial charge >= 0.3 is 5.97 Å². The molecule has 0 radical (unpaired) electrons. The van der Waals surface area contributed by atoms with Crippen molar-refractivity contribution in [1.29, 1.82) is 0 Å². The zero-order valence-electron chi connectivity index (χ0n) is 7.23. The van der Waals surface area contributed by atoms with Crippen LogP contribution in [0.5, 0.6) is 0 Å². The molecule has 1 heterocycles. The third kappa shape index (κ3) is 1.46. The summed E-state index contributed by atoms with van der Waals surface area (Å²) in [5.41, 5.74) is 0. The Bertz CT molecular complexity index is 232. The highest BCUT2D eigenvalue weighted by Gasteiger charge is 2.41. The van der Waals surface area contributed by atoms with E-state index < -0.39 is 5.97 Å². The minimum atomic E-state index is -0.774. The SMILES string of the molecule is O=C(O)C1C[C@H]2COC[C@@H](C1)C2=O. The number of hydrogen-bond donors (Lipinski definition) is 1. The van der Waals surface area contributed by atoms with Gasteiger partial charge in [0, 0.05) is 11.8 Å². The van der Waals surface area contributed by atoms with Crippen molar-refractivity contribution < 1.29 is 19.4 Å². The number of carbonyl (C=O) groups is 2. The first-order valence-corrected chi connectivity index (χ1v) is 4.52. The Morgan fingerprint density at radius 1 is 1.31 bits per heavy atom. The average molecular weight is 184 g/mol. The number of carbonyl (C=O) groups excluding carboxylic acids is 1. The van der Waals surface area contributed by atoms with E-state index in [1.165, 1.54) is 0 Å². The van der Waals surface area contributed by atoms with Crippen LogP contribution < -0.4 is 0 Å². The highest BCUT2D eigenvalue weighted by atomic mass is 16.5. The van der Waals surface area contributed by atoms with E-state index in [2.05, 4.69) is 0 Å². The van der Waals surface area contributed by atoms with Gasteiger partial charge in [-0.05, 0) is 12.8 Å². The lowest BCUT2D eigenvalue weighted by atomic mass is 9.73. The Morgan fingerprint density at radius 2 is 1.85 bits per heavy atom. The predicted octanol–water partition coefficient (Wildman–Crippen LogP) is 0.313. The van der Waals surface area contributed by atoms with Crippen molar-refractivity contribution in [2.24, 2.45) is 17.8 Å². The van der Waals surface area contributed by atoms with Gasteiger partial charge in [0.15, 0.2) is 0 Å². The monoisotopic (exact) mass is 184 g/mol. The second-order valence-electron chi connectivity index (χ2n) is 3.84. The smallest absolute Gasteiger partial charge is 0.306 e. The Labute approximate surface area is 75.9 Å². The van der Waals surface area contributed by atoms with E-state index in [0.29, 0.717) is 26.1 Å². The summed E-state index contributed by atoms with van der Waals surface area (Å²) in [5, 5.41) is 8.83. The van der Waals surface area contributed by atoms with Crippen molar-refractivity contribution in [1.82, 2.24) is 0 Å². The lowest BCUT2D eigenvalue weighted by molar-refractivity contribution is -0.153. The highest BCUT2D eigenvalue weighted by Crippen LogP contribution is 2.34. The van der Waals surface area contributed by atoms with E-state index in [1.807, 2.05) is 0 Å². The van der Waals surface area contributed by atoms with Gasteiger partial charge in [0.25, 0.3) is 0 Å². The maximum Gasteiger partial charge on any atom is 0.306 e. The normalized spacial score (nSPS) is 38.8. The van der Waals surface area contributed by atoms with Crippen molar-refractivity contribution in [3.8, 4) is 0 Å².